The molecule has 0 aliphatic carbocycles. The van der Waals surface area contributed by atoms with Gasteiger partial charge in [-0.2, -0.15) is 5.10 Å². The maximum atomic E-state index is 12.5. The lowest BCUT2D eigenvalue weighted by Crippen LogP contribution is -2.30. The number of hydrogen-bond acceptors (Lipinski definition) is 4. The molecule has 138 valence electrons. The minimum atomic E-state index is -0.0314. The average Bonchev–Trinajstić information content (AvgIpc) is 3.23. The van der Waals surface area contributed by atoms with Gasteiger partial charge in [0.05, 0.1) is 5.69 Å². The number of para-hydroxylation sites is 1. The summed E-state index contributed by atoms with van der Waals surface area (Å²) in [6.45, 7) is 0.178. The molecular weight excluding hydrogens is 350 g/mol. The van der Waals surface area contributed by atoms with Crippen LogP contribution in [0.3, 0.4) is 0 Å². The summed E-state index contributed by atoms with van der Waals surface area (Å²) in [7, 11) is 1.77. The molecule has 0 aliphatic heterocycles. The highest BCUT2D eigenvalue weighted by Crippen LogP contribution is 2.24. The second-order valence-corrected chi connectivity index (χ2v) is 6.39. The average molecular weight is 369 g/mol. The monoisotopic (exact) mass is 369 g/mol. The van der Waals surface area contributed by atoms with Crippen LogP contribution in [-0.4, -0.2) is 32.7 Å². The van der Waals surface area contributed by atoms with Crippen LogP contribution in [0.2, 0.25) is 0 Å². The summed E-state index contributed by atoms with van der Waals surface area (Å²) in [5.41, 5.74) is 4.62. The third-order valence-electron chi connectivity index (χ3n) is 4.51. The Balaban J connectivity index is 1.51. The van der Waals surface area contributed by atoms with E-state index in [0.29, 0.717) is 0 Å². The molecule has 0 unspecified atom stereocenters. The molecule has 0 saturated carbocycles. The molecule has 4 rings (SSSR count). The predicted octanol–water partition coefficient (Wildman–Crippen LogP) is 3.67. The van der Waals surface area contributed by atoms with E-state index < -0.39 is 0 Å². The van der Waals surface area contributed by atoms with Crippen molar-refractivity contribution in [3.8, 4) is 22.4 Å². The predicted molar refractivity (Wildman–Crippen MR) is 109 cm³/mol. The summed E-state index contributed by atoms with van der Waals surface area (Å²) in [5, 5.41) is 4.57. The summed E-state index contributed by atoms with van der Waals surface area (Å²) in [6, 6.07) is 19.5. The molecule has 0 radical (unpaired) electrons. The van der Waals surface area contributed by atoms with Crippen molar-refractivity contribution < 1.29 is 4.79 Å². The molecule has 28 heavy (non-hydrogen) atoms. The Morgan fingerprint density at radius 3 is 2.46 bits per heavy atom. The van der Waals surface area contributed by atoms with Gasteiger partial charge in [-0.3, -0.25) is 9.48 Å². The van der Waals surface area contributed by atoms with Crippen LogP contribution < -0.4 is 4.90 Å². The molecular formula is C22H19N5O. The Kier molecular flexibility index (Phi) is 4.93. The van der Waals surface area contributed by atoms with Crippen molar-refractivity contribution in [2.75, 3.05) is 11.9 Å². The van der Waals surface area contributed by atoms with Crippen molar-refractivity contribution in [1.82, 2.24) is 19.7 Å². The normalized spacial score (nSPS) is 10.6. The van der Waals surface area contributed by atoms with Crippen molar-refractivity contribution in [2.24, 2.45) is 0 Å². The summed E-state index contributed by atoms with van der Waals surface area (Å²) in [5.74, 6) is -0.0314. The first-order chi connectivity index (χ1) is 13.7. The van der Waals surface area contributed by atoms with E-state index in [4.69, 9.17) is 0 Å². The van der Waals surface area contributed by atoms with Crippen molar-refractivity contribution in [1.29, 1.82) is 0 Å². The Morgan fingerprint density at radius 1 is 0.929 bits per heavy atom. The van der Waals surface area contributed by atoms with Gasteiger partial charge in [-0.15, -0.1) is 0 Å². The number of likely N-dealkylation sites (N-methyl/N-ethyl adjacent to an activating group) is 1. The largest absolute Gasteiger partial charge is 0.314 e. The number of anilines is 1. The zero-order valence-corrected chi connectivity index (χ0v) is 15.4. The maximum Gasteiger partial charge on any atom is 0.248 e. The first kappa shape index (κ1) is 17.6. The molecule has 2 heterocycles. The number of benzene rings is 2. The molecule has 6 heteroatoms. The van der Waals surface area contributed by atoms with Crippen LogP contribution in [-0.2, 0) is 11.3 Å². The molecule has 2 aromatic carbocycles. The summed E-state index contributed by atoms with van der Waals surface area (Å²) in [4.78, 5) is 22.3. The van der Waals surface area contributed by atoms with Gasteiger partial charge in [-0.05, 0) is 29.8 Å². The van der Waals surface area contributed by atoms with Crippen molar-refractivity contribution in [2.45, 2.75) is 6.54 Å². The van der Waals surface area contributed by atoms with Gasteiger partial charge in [-0.1, -0.05) is 36.4 Å². The highest BCUT2D eigenvalue weighted by molar-refractivity contribution is 5.92. The van der Waals surface area contributed by atoms with E-state index in [1.807, 2.05) is 66.9 Å². The van der Waals surface area contributed by atoms with Gasteiger partial charge in [0.25, 0.3) is 0 Å². The Morgan fingerprint density at radius 2 is 1.68 bits per heavy atom. The Hall–Kier alpha value is -3.80. The fourth-order valence-electron chi connectivity index (χ4n) is 2.95. The summed E-state index contributed by atoms with van der Waals surface area (Å²) in [6.07, 6.45) is 6.90. The fourth-order valence-corrected chi connectivity index (χ4v) is 2.95. The van der Waals surface area contributed by atoms with E-state index in [9.17, 15) is 4.79 Å². The Labute approximate surface area is 163 Å². The van der Waals surface area contributed by atoms with Gasteiger partial charge >= 0.3 is 0 Å². The number of aromatic nitrogens is 4. The van der Waals surface area contributed by atoms with Gasteiger partial charge in [0.2, 0.25) is 5.91 Å². The molecule has 0 fully saturated rings. The van der Waals surface area contributed by atoms with Crippen LogP contribution >= 0.6 is 0 Å². The molecule has 0 spiro atoms. The molecule has 1 amide bonds. The number of rotatable bonds is 5. The number of carbonyl (C=O) groups is 1. The molecule has 0 atom stereocenters. The number of carbonyl (C=O) groups excluding carboxylic acids is 1. The molecule has 2 aromatic heterocycles. The second-order valence-electron chi connectivity index (χ2n) is 6.39. The third kappa shape index (κ3) is 3.81. The van der Waals surface area contributed by atoms with Gasteiger partial charge in [0.15, 0.2) is 0 Å². The first-order valence-electron chi connectivity index (χ1n) is 8.91. The van der Waals surface area contributed by atoms with Gasteiger partial charge in [0, 0.05) is 42.5 Å². The highest BCUT2D eigenvalue weighted by Gasteiger charge is 2.12. The highest BCUT2D eigenvalue weighted by atomic mass is 16.2. The van der Waals surface area contributed by atoms with Gasteiger partial charge in [-0.25, -0.2) is 9.97 Å². The first-order valence-corrected chi connectivity index (χ1v) is 8.91. The minimum Gasteiger partial charge on any atom is -0.314 e. The van der Waals surface area contributed by atoms with Crippen molar-refractivity contribution >= 4 is 11.6 Å². The van der Waals surface area contributed by atoms with Gasteiger partial charge < -0.3 is 4.90 Å². The van der Waals surface area contributed by atoms with Crippen LogP contribution in [0, 0.1) is 0 Å². The van der Waals surface area contributed by atoms with Crippen LogP contribution in [0.25, 0.3) is 22.4 Å². The van der Waals surface area contributed by atoms with Crippen LogP contribution in [0.15, 0.2) is 85.6 Å². The fraction of sp³-hybridized carbons (Fsp3) is 0.0909. The molecule has 6 nitrogen and oxygen atoms in total. The van der Waals surface area contributed by atoms with Crippen LogP contribution in [0.1, 0.15) is 0 Å². The molecule has 0 saturated heterocycles. The van der Waals surface area contributed by atoms with Crippen LogP contribution in [0.5, 0.6) is 0 Å². The second kappa shape index (κ2) is 7.84. The molecule has 0 N–H and O–H groups in total. The number of amides is 1. The van der Waals surface area contributed by atoms with E-state index in [0.717, 1.165) is 28.1 Å². The smallest absolute Gasteiger partial charge is 0.248 e. The standard InChI is InChI=1S/C22H19N5O/c1-26(20-8-3-2-4-9-20)22(28)15-27-11-10-21(25-27)18-7-5-6-17(12-18)19-13-23-16-24-14-19/h2-14,16H,15H2,1H3. The third-order valence-corrected chi connectivity index (χ3v) is 4.51. The number of nitrogens with zero attached hydrogens (tertiary/aromatic N) is 5. The lowest BCUT2D eigenvalue weighted by Gasteiger charge is -2.17. The maximum absolute atomic E-state index is 12.5. The zero-order valence-electron chi connectivity index (χ0n) is 15.4. The van der Waals surface area contributed by atoms with E-state index >= 15 is 0 Å². The lowest BCUT2D eigenvalue weighted by molar-refractivity contribution is -0.119. The Bertz CT molecular complexity index is 1080. The molecule has 0 aliphatic rings. The van der Waals surface area contributed by atoms with Gasteiger partial charge in [0.1, 0.15) is 12.9 Å². The molecule has 0 bridgehead atoms. The van der Waals surface area contributed by atoms with Crippen molar-refractivity contribution in [3.63, 3.8) is 0 Å². The lowest BCUT2D eigenvalue weighted by atomic mass is 10.0. The molecule has 4 aromatic rings. The van der Waals surface area contributed by atoms with E-state index in [1.54, 1.807) is 29.0 Å². The summed E-state index contributed by atoms with van der Waals surface area (Å²) < 4.78 is 1.66. The van der Waals surface area contributed by atoms with E-state index in [1.165, 1.54) is 6.33 Å². The number of hydrogen-bond donors (Lipinski definition) is 0. The topological polar surface area (TPSA) is 63.9 Å². The van der Waals surface area contributed by atoms with Crippen LogP contribution in [0.4, 0.5) is 5.69 Å². The van der Waals surface area contributed by atoms with E-state index in [-0.39, 0.29) is 12.5 Å². The SMILES string of the molecule is CN(C(=O)Cn1ccc(-c2cccc(-c3cncnc3)c2)n1)c1ccccc1. The minimum absolute atomic E-state index is 0.0314. The summed E-state index contributed by atoms with van der Waals surface area (Å²) >= 11 is 0. The quantitative estimate of drug-likeness (QED) is 0.538. The van der Waals surface area contributed by atoms with Crippen molar-refractivity contribution in [3.05, 3.63) is 85.6 Å². The van der Waals surface area contributed by atoms with E-state index in [2.05, 4.69) is 15.1 Å². The zero-order chi connectivity index (χ0) is 19.3.